The summed E-state index contributed by atoms with van der Waals surface area (Å²) < 4.78 is 7.76. The van der Waals surface area contributed by atoms with Crippen molar-refractivity contribution in [2.45, 2.75) is 6.92 Å². The van der Waals surface area contributed by atoms with E-state index in [1.165, 1.54) is 16.3 Å². The maximum absolute atomic E-state index is 5.54. The number of benzene rings is 2. The molecule has 3 nitrogen and oxygen atoms in total. The van der Waals surface area contributed by atoms with Crippen LogP contribution >= 0.6 is 0 Å². The van der Waals surface area contributed by atoms with E-state index in [9.17, 15) is 0 Å². The summed E-state index contributed by atoms with van der Waals surface area (Å²) in [7, 11) is 1.71. The Balaban J connectivity index is 1.97. The second-order valence-electron chi connectivity index (χ2n) is 6.56. The molecule has 0 saturated carbocycles. The zero-order valence-corrected chi connectivity index (χ0v) is 14.7. The lowest BCUT2D eigenvalue weighted by molar-refractivity contribution is 0.412. The Hall–Kier alpha value is -3.33. The number of pyridine rings is 2. The van der Waals surface area contributed by atoms with Gasteiger partial charge in [-0.2, -0.15) is 0 Å². The molecule has 0 atom stereocenters. The molecule has 3 heteroatoms. The summed E-state index contributed by atoms with van der Waals surface area (Å²) in [6.07, 6.45) is 2.10. The molecule has 0 saturated heterocycles. The van der Waals surface area contributed by atoms with Crippen LogP contribution in [0.5, 0.6) is 5.75 Å². The summed E-state index contributed by atoms with van der Waals surface area (Å²) in [5, 5.41) is 2.39. The van der Waals surface area contributed by atoms with Gasteiger partial charge in [0.15, 0.2) is 0 Å². The fraction of sp³-hybridized carbons (Fsp3) is 0.0870. The minimum absolute atomic E-state index is 0.881. The number of methoxy groups -OCH3 is 1. The van der Waals surface area contributed by atoms with E-state index in [1.807, 2.05) is 6.07 Å². The van der Waals surface area contributed by atoms with Crippen molar-refractivity contribution < 1.29 is 4.74 Å². The molecule has 5 aromatic rings. The molecule has 0 aliphatic carbocycles. The molecule has 0 radical (unpaired) electrons. The van der Waals surface area contributed by atoms with Gasteiger partial charge in [0, 0.05) is 28.0 Å². The van der Waals surface area contributed by atoms with Crippen molar-refractivity contribution >= 4 is 27.3 Å². The fourth-order valence-electron chi connectivity index (χ4n) is 3.71. The zero-order valence-electron chi connectivity index (χ0n) is 14.7. The maximum atomic E-state index is 5.54. The molecule has 0 N–H and O–H groups in total. The number of hydrogen-bond acceptors (Lipinski definition) is 2. The quantitative estimate of drug-likeness (QED) is 0.417. The van der Waals surface area contributed by atoms with Gasteiger partial charge < -0.3 is 9.14 Å². The van der Waals surface area contributed by atoms with E-state index in [0.29, 0.717) is 0 Å². The van der Waals surface area contributed by atoms with Crippen LogP contribution in [0.15, 0.2) is 72.9 Å². The number of para-hydroxylation sites is 1. The third-order valence-electron chi connectivity index (χ3n) is 5.01. The molecule has 5 rings (SSSR count). The van der Waals surface area contributed by atoms with Crippen molar-refractivity contribution in [2.24, 2.45) is 0 Å². The number of nitrogens with zero attached hydrogens (tertiary/aromatic N) is 2. The third-order valence-corrected chi connectivity index (χ3v) is 5.01. The van der Waals surface area contributed by atoms with Crippen LogP contribution in [-0.4, -0.2) is 16.5 Å². The van der Waals surface area contributed by atoms with Crippen LogP contribution in [0.2, 0.25) is 0 Å². The van der Waals surface area contributed by atoms with E-state index < -0.39 is 0 Å². The minimum atomic E-state index is 0.881. The average Bonchev–Trinajstić information content (AvgIpc) is 3.08. The van der Waals surface area contributed by atoms with E-state index >= 15 is 0 Å². The predicted octanol–water partition coefficient (Wildman–Crippen LogP) is 5.62. The van der Waals surface area contributed by atoms with Crippen molar-refractivity contribution in [3.05, 3.63) is 78.5 Å². The zero-order chi connectivity index (χ0) is 17.7. The summed E-state index contributed by atoms with van der Waals surface area (Å²) in [4.78, 5) is 5.02. The minimum Gasteiger partial charge on any atom is -0.496 e. The Morgan fingerprint density at radius 1 is 0.885 bits per heavy atom. The smallest absolute Gasteiger partial charge is 0.122 e. The lowest BCUT2D eigenvalue weighted by Crippen LogP contribution is -1.93. The molecule has 126 valence electrons. The maximum Gasteiger partial charge on any atom is 0.122 e. The van der Waals surface area contributed by atoms with Gasteiger partial charge in [0.05, 0.1) is 23.8 Å². The lowest BCUT2D eigenvalue weighted by Gasteiger charge is -2.11. The Morgan fingerprint density at radius 3 is 2.62 bits per heavy atom. The molecule has 3 aromatic heterocycles. The van der Waals surface area contributed by atoms with Crippen LogP contribution in [-0.2, 0) is 0 Å². The Morgan fingerprint density at radius 2 is 1.73 bits per heavy atom. The standard InChI is InChI=1S/C23H18N2O/c1-15-10-11-16(13-21(15)26-2)22-23-19(14-17-7-5-6-12-25(17)23)18-8-3-4-9-20(18)24-22/h3-14H,1-2H3. The first kappa shape index (κ1) is 15.0. The van der Waals surface area contributed by atoms with Gasteiger partial charge in [-0.3, -0.25) is 0 Å². The van der Waals surface area contributed by atoms with Gasteiger partial charge in [-0.25, -0.2) is 4.98 Å². The highest BCUT2D eigenvalue weighted by atomic mass is 16.5. The SMILES string of the molecule is COc1cc(-c2nc3ccccc3c3cc4ccccn4c23)ccc1C. The van der Waals surface area contributed by atoms with Crippen LogP contribution in [0.3, 0.4) is 0 Å². The van der Waals surface area contributed by atoms with Gasteiger partial charge in [-0.15, -0.1) is 0 Å². The first-order valence-corrected chi connectivity index (χ1v) is 8.70. The van der Waals surface area contributed by atoms with Crippen molar-refractivity contribution in [3.8, 4) is 17.0 Å². The molecule has 0 spiro atoms. The molecule has 26 heavy (non-hydrogen) atoms. The average molecular weight is 338 g/mol. The van der Waals surface area contributed by atoms with Crippen molar-refractivity contribution in [1.29, 1.82) is 0 Å². The van der Waals surface area contributed by atoms with Gasteiger partial charge in [-0.05, 0) is 42.8 Å². The molecule has 0 unspecified atom stereocenters. The molecular formula is C23H18N2O. The number of hydrogen-bond donors (Lipinski definition) is 0. The molecule has 0 bridgehead atoms. The Labute approximate surface area is 151 Å². The van der Waals surface area contributed by atoms with Crippen LogP contribution in [0.4, 0.5) is 0 Å². The van der Waals surface area contributed by atoms with E-state index in [4.69, 9.17) is 9.72 Å². The molecule has 0 aliphatic rings. The Bertz CT molecular complexity index is 1280. The summed E-state index contributed by atoms with van der Waals surface area (Å²) in [6.45, 7) is 2.05. The molecule has 0 aliphatic heterocycles. The Kier molecular flexibility index (Phi) is 3.22. The van der Waals surface area contributed by atoms with E-state index in [2.05, 4.69) is 78.2 Å². The number of rotatable bonds is 2. The number of aryl methyl sites for hydroxylation is 1. The van der Waals surface area contributed by atoms with E-state index in [0.717, 1.165) is 33.6 Å². The predicted molar refractivity (Wildman–Crippen MR) is 107 cm³/mol. The highest BCUT2D eigenvalue weighted by Crippen LogP contribution is 2.36. The summed E-state index contributed by atoms with van der Waals surface area (Å²) in [5.74, 6) is 0.881. The summed E-state index contributed by atoms with van der Waals surface area (Å²) in [6, 6.07) is 23.1. The highest BCUT2D eigenvalue weighted by Gasteiger charge is 2.15. The summed E-state index contributed by atoms with van der Waals surface area (Å²) in [5.41, 5.74) is 6.46. The lowest BCUT2D eigenvalue weighted by atomic mass is 10.0. The van der Waals surface area contributed by atoms with E-state index in [-0.39, 0.29) is 0 Å². The van der Waals surface area contributed by atoms with Crippen LogP contribution < -0.4 is 4.74 Å². The molecule has 0 fully saturated rings. The summed E-state index contributed by atoms with van der Waals surface area (Å²) >= 11 is 0. The van der Waals surface area contributed by atoms with Crippen molar-refractivity contribution in [3.63, 3.8) is 0 Å². The van der Waals surface area contributed by atoms with Crippen molar-refractivity contribution in [1.82, 2.24) is 9.38 Å². The fourth-order valence-corrected chi connectivity index (χ4v) is 3.71. The van der Waals surface area contributed by atoms with Crippen molar-refractivity contribution in [2.75, 3.05) is 7.11 Å². The van der Waals surface area contributed by atoms with Crippen LogP contribution in [0.25, 0.3) is 38.6 Å². The van der Waals surface area contributed by atoms with Gasteiger partial charge in [0.1, 0.15) is 5.75 Å². The second kappa shape index (κ2) is 5.60. The van der Waals surface area contributed by atoms with Crippen LogP contribution in [0, 0.1) is 6.92 Å². The van der Waals surface area contributed by atoms with E-state index in [1.54, 1.807) is 7.11 Å². The normalized spacial score (nSPS) is 11.5. The first-order valence-electron chi connectivity index (χ1n) is 8.70. The molecule has 0 amide bonds. The van der Waals surface area contributed by atoms with Gasteiger partial charge in [0.25, 0.3) is 0 Å². The third kappa shape index (κ3) is 2.10. The second-order valence-corrected chi connectivity index (χ2v) is 6.56. The number of fused-ring (bicyclic) bond motifs is 5. The topological polar surface area (TPSA) is 26.5 Å². The highest BCUT2D eigenvalue weighted by molar-refractivity contribution is 6.12. The number of aromatic nitrogens is 2. The number of ether oxygens (including phenoxy) is 1. The molecule has 2 aromatic carbocycles. The van der Waals surface area contributed by atoms with Gasteiger partial charge in [-0.1, -0.05) is 36.4 Å². The first-order chi connectivity index (χ1) is 12.8. The molecular weight excluding hydrogens is 320 g/mol. The molecule has 3 heterocycles. The van der Waals surface area contributed by atoms with Crippen LogP contribution in [0.1, 0.15) is 5.56 Å². The largest absolute Gasteiger partial charge is 0.496 e. The van der Waals surface area contributed by atoms with Gasteiger partial charge in [0.2, 0.25) is 0 Å². The monoisotopic (exact) mass is 338 g/mol. The van der Waals surface area contributed by atoms with Gasteiger partial charge >= 0.3 is 0 Å².